The Morgan fingerprint density at radius 1 is 1.00 bits per heavy atom. The Bertz CT molecular complexity index is 930. The van der Waals surface area contributed by atoms with E-state index >= 15 is 0 Å². The predicted molar refractivity (Wildman–Crippen MR) is 104 cm³/mol. The van der Waals surface area contributed by atoms with Gasteiger partial charge in [0.1, 0.15) is 17.7 Å². The number of hydrogen-bond donors (Lipinski definition) is 0. The summed E-state index contributed by atoms with van der Waals surface area (Å²) in [6.45, 7) is 2.24. The average molecular weight is 385 g/mol. The first-order valence-electron chi connectivity index (χ1n) is 10.5. The summed E-state index contributed by atoms with van der Waals surface area (Å²) in [5.74, 6) is -0.258. The fraction of sp³-hybridized carbons (Fsp3) is 0.542. The van der Waals surface area contributed by atoms with Crippen LogP contribution in [-0.2, 0) is 0 Å². The van der Waals surface area contributed by atoms with Crippen LogP contribution in [0.4, 0.5) is 13.2 Å². The van der Waals surface area contributed by atoms with Crippen LogP contribution in [0.2, 0.25) is 0 Å². The van der Waals surface area contributed by atoms with Gasteiger partial charge in [-0.25, -0.2) is 13.2 Å². The highest BCUT2D eigenvalue weighted by molar-refractivity contribution is 5.86. The fourth-order valence-electron chi connectivity index (χ4n) is 5.81. The summed E-state index contributed by atoms with van der Waals surface area (Å²) in [4.78, 5) is 0. The summed E-state index contributed by atoms with van der Waals surface area (Å²) in [5.41, 5.74) is 0.563. The van der Waals surface area contributed by atoms with Crippen LogP contribution in [0.25, 0.3) is 10.8 Å². The molecular weight excluding hydrogens is 359 g/mol. The minimum atomic E-state index is -0.950. The van der Waals surface area contributed by atoms with Crippen molar-refractivity contribution >= 4 is 10.8 Å². The van der Waals surface area contributed by atoms with E-state index in [0.717, 1.165) is 37.2 Å². The number of hydrogen-bond acceptors (Lipinski definition) is 1. The molecule has 2 fully saturated rings. The predicted octanol–water partition coefficient (Wildman–Crippen LogP) is 7.23. The highest BCUT2D eigenvalue weighted by Gasteiger charge is 2.37. The van der Waals surface area contributed by atoms with Crippen molar-refractivity contribution in [1.82, 2.24) is 0 Å². The third-order valence-corrected chi connectivity index (χ3v) is 7.09. The van der Waals surface area contributed by atoms with Gasteiger partial charge in [-0.05, 0) is 78.9 Å². The second-order valence-electron chi connectivity index (χ2n) is 8.75. The number of nitrogens with zero attached hydrogens (tertiary/aromatic N) is 1. The molecule has 2 unspecified atom stereocenters. The van der Waals surface area contributed by atoms with Crippen molar-refractivity contribution < 1.29 is 13.2 Å². The Morgan fingerprint density at radius 2 is 1.75 bits per heavy atom. The maximum atomic E-state index is 15.0. The molecule has 2 aliphatic carbocycles. The van der Waals surface area contributed by atoms with Gasteiger partial charge < -0.3 is 0 Å². The van der Waals surface area contributed by atoms with E-state index in [2.05, 4.69) is 6.92 Å². The lowest BCUT2D eigenvalue weighted by atomic mass is 9.63. The molecular formula is C24H26F3N. The third kappa shape index (κ3) is 3.41. The van der Waals surface area contributed by atoms with Crippen molar-refractivity contribution in [2.24, 2.45) is 17.8 Å². The zero-order chi connectivity index (χ0) is 19.8. The van der Waals surface area contributed by atoms with Crippen LogP contribution >= 0.6 is 0 Å². The zero-order valence-corrected chi connectivity index (χ0v) is 16.3. The maximum absolute atomic E-state index is 15.0. The highest BCUT2D eigenvalue weighted by atomic mass is 19.1. The van der Waals surface area contributed by atoms with Gasteiger partial charge in [0.2, 0.25) is 0 Å². The second-order valence-corrected chi connectivity index (χ2v) is 8.75. The summed E-state index contributed by atoms with van der Waals surface area (Å²) >= 11 is 0. The first-order chi connectivity index (χ1) is 13.5. The molecule has 0 bridgehead atoms. The Morgan fingerprint density at radius 3 is 2.50 bits per heavy atom. The third-order valence-electron chi connectivity index (χ3n) is 7.09. The molecule has 0 heterocycles. The van der Waals surface area contributed by atoms with E-state index in [4.69, 9.17) is 0 Å². The molecule has 4 rings (SSSR count). The lowest BCUT2D eigenvalue weighted by Crippen LogP contribution is -2.30. The Balaban J connectivity index is 1.66. The maximum Gasteiger partial charge on any atom is 0.152 e. The summed E-state index contributed by atoms with van der Waals surface area (Å²) in [6.07, 6.45) is 9.25. The van der Waals surface area contributed by atoms with Crippen LogP contribution in [0.15, 0.2) is 18.2 Å². The van der Waals surface area contributed by atoms with E-state index in [9.17, 15) is 18.4 Å². The second kappa shape index (κ2) is 7.78. The largest absolute Gasteiger partial charge is 0.207 e. The molecule has 0 aromatic heterocycles. The average Bonchev–Trinajstić information content (AvgIpc) is 2.67. The van der Waals surface area contributed by atoms with Crippen LogP contribution in [0.1, 0.15) is 75.3 Å². The molecule has 4 atom stereocenters. The molecule has 0 spiro atoms. The SMILES string of the molecule is CCC[C@@H]1CC[C@@H]2CC(c3cc4cc(F)cc(F)c4c(F)c3C#N)CCC2C1. The van der Waals surface area contributed by atoms with E-state index in [1.807, 2.05) is 6.07 Å². The lowest BCUT2D eigenvalue weighted by molar-refractivity contribution is 0.114. The molecule has 2 aromatic carbocycles. The van der Waals surface area contributed by atoms with Crippen LogP contribution in [0, 0.1) is 46.5 Å². The molecule has 0 N–H and O–H groups in total. The van der Waals surface area contributed by atoms with Crippen molar-refractivity contribution in [2.75, 3.05) is 0 Å². The lowest BCUT2D eigenvalue weighted by Gasteiger charge is -2.42. The summed E-state index contributed by atoms with van der Waals surface area (Å²) < 4.78 is 42.8. The van der Waals surface area contributed by atoms with Crippen molar-refractivity contribution in [2.45, 2.75) is 64.2 Å². The molecule has 2 saturated carbocycles. The van der Waals surface area contributed by atoms with E-state index < -0.39 is 17.5 Å². The highest BCUT2D eigenvalue weighted by Crippen LogP contribution is 2.49. The molecule has 0 radical (unpaired) electrons. The minimum Gasteiger partial charge on any atom is -0.207 e. The first-order valence-corrected chi connectivity index (χ1v) is 10.5. The summed E-state index contributed by atoms with van der Waals surface area (Å²) in [6, 6.07) is 5.44. The van der Waals surface area contributed by atoms with Gasteiger partial charge >= 0.3 is 0 Å². The van der Waals surface area contributed by atoms with Gasteiger partial charge in [0.05, 0.1) is 10.9 Å². The number of rotatable bonds is 3. The van der Waals surface area contributed by atoms with Crippen LogP contribution < -0.4 is 0 Å². The molecule has 0 amide bonds. The van der Waals surface area contributed by atoms with Gasteiger partial charge in [-0.2, -0.15) is 5.26 Å². The topological polar surface area (TPSA) is 23.8 Å². The van der Waals surface area contributed by atoms with Crippen LogP contribution in [0.5, 0.6) is 0 Å². The molecule has 148 valence electrons. The Labute approximate surface area is 164 Å². The van der Waals surface area contributed by atoms with Gasteiger partial charge in [-0.1, -0.05) is 26.2 Å². The molecule has 2 aliphatic rings. The van der Waals surface area contributed by atoms with Gasteiger partial charge in [0, 0.05) is 6.07 Å². The molecule has 0 aliphatic heterocycles. The van der Waals surface area contributed by atoms with Gasteiger partial charge in [-0.15, -0.1) is 0 Å². The summed E-state index contributed by atoms with van der Waals surface area (Å²) in [5, 5.41) is 9.50. The normalized spacial score (nSPS) is 27.4. The molecule has 0 saturated heterocycles. The standard InChI is InChI=1S/C24H26F3N/c1-2-3-14-4-5-16-9-17(7-6-15(16)8-14)20-11-18-10-19(25)12-22(26)23(18)24(27)21(20)13-28/h10-12,14-17H,2-9H2,1H3/t14-,15?,16-,17?/m1/s1. The van der Waals surface area contributed by atoms with Gasteiger partial charge in [-0.3, -0.25) is 0 Å². The van der Waals surface area contributed by atoms with E-state index in [-0.39, 0.29) is 22.3 Å². The quantitative estimate of drug-likeness (QED) is 0.547. The minimum absolute atomic E-state index is 0.0684. The molecule has 2 aromatic rings. The number of halogens is 3. The van der Waals surface area contributed by atoms with Gasteiger partial charge in [0.15, 0.2) is 5.82 Å². The fourth-order valence-corrected chi connectivity index (χ4v) is 5.81. The monoisotopic (exact) mass is 385 g/mol. The Kier molecular flexibility index (Phi) is 5.36. The molecule has 28 heavy (non-hydrogen) atoms. The van der Waals surface area contributed by atoms with Crippen LogP contribution in [0.3, 0.4) is 0 Å². The number of nitriles is 1. The Hall–Kier alpha value is -2.02. The van der Waals surface area contributed by atoms with Crippen molar-refractivity contribution in [3.8, 4) is 6.07 Å². The van der Waals surface area contributed by atoms with E-state index in [1.165, 1.54) is 32.1 Å². The smallest absolute Gasteiger partial charge is 0.152 e. The molecule has 4 heteroatoms. The number of benzene rings is 2. The van der Waals surface area contributed by atoms with Gasteiger partial charge in [0.25, 0.3) is 0 Å². The number of fused-ring (bicyclic) bond motifs is 2. The molecule has 1 nitrogen and oxygen atoms in total. The van der Waals surface area contributed by atoms with Crippen LogP contribution in [-0.4, -0.2) is 0 Å². The summed E-state index contributed by atoms with van der Waals surface area (Å²) in [7, 11) is 0. The zero-order valence-electron chi connectivity index (χ0n) is 16.3. The van der Waals surface area contributed by atoms with Crippen molar-refractivity contribution in [3.05, 3.63) is 46.8 Å². The van der Waals surface area contributed by atoms with E-state index in [0.29, 0.717) is 17.5 Å². The van der Waals surface area contributed by atoms with Crippen molar-refractivity contribution in [3.63, 3.8) is 0 Å². The van der Waals surface area contributed by atoms with Crippen molar-refractivity contribution in [1.29, 1.82) is 5.26 Å². The first kappa shape index (κ1) is 19.3. The van der Waals surface area contributed by atoms with E-state index in [1.54, 1.807) is 6.07 Å².